The molecule has 1 aromatic carbocycles. The Morgan fingerprint density at radius 2 is 1.91 bits per heavy atom. The van der Waals surface area contributed by atoms with Gasteiger partial charge < -0.3 is 0 Å². The number of ketones is 1. The Morgan fingerprint density at radius 3 is 2.78 bits per heavy atom. The summed E-state index contributed by atoms with van der Waals surface area (Å²) in [5.41, 5.74) is 2.05. The molecule has 1 atom stereocenters. The zero-order valence-electron chi connectivity index (χ0n) is 13.0. The van der Waals surface area contributed by atoms with Crippen LogP contribution >= 0.6 is 11.8 Å². The van der Waals surface area contributed by atoms with E-state index in [2.05, 4.69) is 21.6 Å². The van der Waals surface area contributed by atoms with Gasteiger partial charge in [0.1, 0.15) is 0 Å². The van der Waals surface area contributed by atoms with Crippen LogP contribution in [0, 0.1) is 0 Å². The first-order chi connectivity index (χ1) is 11.3. The minimum absolute atomic E-state index is 0.0789. The van der Waals surface area contributed by atoms with E-state index in [9.17, 15) is 4.79 Å². The Kier molecular flexibility index (Phi) is 4.16. The van der Waals surface area contributed by atoms with E-state index in [-0.39, 0.29) is 11.0 Å². The predicted octanol–water partition coefficient (Wildman–Crippen LogP) is 3.47. The highest BCUT2D eigenvalue weighted by molar-refractivity contribution is 8.00. The van der Waals surface area contributed by atoms with Gasteiger partial charge in [0.25, 0.3) is 0 Å². The Morgan fingerprint density at radius 1 is 1.09 bits per heavy atom. The smallest absolute Gasteiger partial charge is 0.210 e. The summed E-state index contributed by atoms with van der Waals surface area (Å²) in [6.45, 7) is 0. The minimum Gasteiger partial charge on any atom is -0.293 e. The lowest BCUT2D eigenvalue weighted by atomic mass is 10.0. The van der Waals surface area contributed by atoms with E-state index in [1.165, 1.54) is 18.4 Å². The van der Waals surface area contributed by atoms with Crippen molar-refractivity contribution in [1.82, 2.24) is 20.2 Å². The standard InChI is InChI=1S/C17H20N4OS/c22-16-14-10-4-1-6-12(14)7-5-11-15(16)23-17-18-19-20-21(17)13-8-2-3-9-13/h1,4,6,10,13,15H,2-3,5,7-9,11H2. The van der Waals surface area contributed by atoms with Crippen LogP contribution in [0.5, 0.6) is 0 Å². The Balaban J connectivity index is 1.57. The number of nitrogens with zero attached hydrogens (tertiary/aromatic N) is 4. The quantitative estimate of drug-likeness (QED) is 0.807. The second-order valence-corrected chi connectivity index (χ2v) is 7.53. The van der Waals surface area contributed by atoms with Crippen molar-refractivity contribution in [3.05, 3.63) is 35.4 Å². The van der Waals surface area contributed by atoms with Gasteiger partial charge in [0.15, 0.2) is 5.78 Å². The topological polar surface area (TPSA) is 60.7 Å². The number of aromatic nitrogens is 4. The third-order valence-electron chi connectivity index (χ3n) is 4.87. The van der Waals surface area contributed by atoms with Crippen molar-refractivity contribution < 1.29 is 4.79 Å². The summed E-state index contributed by atoms with van der Waals surface area (Å²) in [4.78, 5) is 12.9. The highest BCUT2D eigenvalue weighted by Gasteiger charge is 2.29. The third-order valence-corrected chi connectivity index (χ3v) is 6.08. The lowest BCUT2D eigenvalue weighted by molar-refractivity contribution is 0.0988. The Labute approximate surface area is 139 Å². The number of carbonyl (C=O) groups is 1. The van der Waals surface area contributed by atoms with Crippen LogP contribution in [0.25, 0.3) is 0 Å². The summed E-state index contributed by atoms with van der Waals surface area (Å²) < 4.78 is 1.95. The molecule has 2 aliphatic carbocycles. The molecular weight excluding hydrogens is 308 g/mol. The number of thioether (sulfide) groups is 1. The first-order valence-corrected chi connectivity index (χ1v) is 9.27. The van der Waals surface area contributed by atoms with Gasteiger partial charge in [0, 0.05) is 5.56 Å². The van der Waals surface area contributed by atoms with Crippen LogP contribution in [-0.2, 0) is 6.42 Å². The van der Waals surface area contributed by atoms with E-state index in [0.29, 0.717) is 6.04 Å². The number of Topliss-reactive ketones (excluding diaryl/α,β-unsaturated/α-hetero) is 1. The summed E-state index contributed by atoms with van der Waals surface area (Å²) in [5.74, 6) is 0.226. The number of benzene rings is 1. The number of aryl methyl sites for hydroxylation is 1. The molecule has 2 aromatic rings. The molecule has 0 radical (unpaired) electrons. The van der Waals surface area contributed by atoms with Gasteiger partial charge in [0.05, 0.1) is 11.3 Å². The van der Waals surface area contributed by atoms with Gasteiger partial charge in [-0.25, -0.2) is 4.68 Å². The van der Waals surface area contributed by atoms with E-state index in [4.69, 9.17) is 0 Å². The first kappa shape index (κ1) is 14.9. The van der Waals surface area contributed by atoms with Crippen LogP contribution in [0.3, 0.4) is 0 Å². The lowest BCUT2D eigenvalue weighted by Gasteiger charge is -2.15. The van der Waals surface area contributed by atoms with E-state index < -0.39 is 0 Å². The monoisotopic (exact) mass is 328 g/mol. The zero-order chi connectivity index (χ0) is 15.6. The van der Waals surface area contributed by atoms with Gasteiger partial charge in [-0.3, -0.25) is 4.79 Å². The van der Waals surface area contributed by atoms with E-state index in [1.807, 2.05) is 22.9 Å². The Hall–Kier alpha value is -1.69. The molecule has 2 aliphatic rings. The van der Waals surface area contributed by atoms with Crippen LogP contribution in [0.4, 0.5) is 0 Å². The molecule has 0 N–H and O–H groups in total. The summed E-state index contributed by atoms with van der Waals surface area (Å²) >= 11 is 1.55. The Bertz CT molecular complexity index is 708. The molecule has 6 heteroatoms. The van der Waals surface area contributed by atoms with E-state index >= 15 is 0 Å². The number of hydrogen-bond acceptors (Lipinski definition) is 5. The second kappa shape index (κ2) is 6.43. The van der Waals surface area contributed by atoms with Crippen molar-refractivity contribution in [1.29, 1.82) is 0 Å². The molecule has 1 aromatic heterocycles. The van der Waals surface area contributed by atoms with Gasteiger partial charge in [-0.15, -0.1) is 5.10 Å². The van der Waals surface area contributed by atoms with Crippen LogP contribution in [0.15, 0.2) is 29.4 Å². The highest BCUT2D eigenvalue weighted by atomic mass is 32.2. The average molecular weight is 328 g/mol. The molecular formula is C17H20N4OS. The van der Waals surface area contributed by atoms with Crippen molar-refractivity contribution >= 4 is 17.5 Å². The molecule has 5 nitrogen and oxygen atoms in total. The summed E-state index contributed by atoms with van der Waals surface area (Å²) in [6, 6.07) is 8.40. The fourth-order valence-corrected chi connectivity index (χ4v) is 4.79. The van der Waals surface area contributed by atoms with Gasteiger partial charge in [0.2, 0.25) is 5.16 Å². The normalized spacial score (nSPS) is 22.1. The second-order valence-electron chi connectivity index (χ2n) is 6.36. The number of tetrazole rings is 1. The molecule has 0 saturated heterocycles. The molecule has 1 heterocycles. The van der Waals surface area contributed by atoms with E-state index in [1.54, 1.807) is 11.8 Å². The van der Waals surface area contributed by atoms with Crippen molar-refractivity contribution in [2.75, 3.05) is 0 Å². The summed E-state index contributed by atoms with van der Waals surface area (Å²) in [6.07, 6.45) is 7.66. The van der Waals surface area contributed by atoms with E-state index in [0.717, 1.165) is 42.8 Å². The van der Waals surface area contributed by atoms with Crippen molar-refractivity contribution in [3.63, 3.8) is 0 Å². The lowest BCUT2D eigenvalue weighted by Crippen LogP contribution is -2.18. The number of fused-ring (bicyclic) bond motifs is 1. The SMILES string of the molecule is O=C1c2ccccc2CCCC1Sc1nnnn1C1CCCC1. The molecule has 0 amide bonds. The maximum absolute atomic E-state index is 12.9. The number of hydrogen-bond donors (Lipinski definition) is 0. The van der Waals surface area contributed by atoms with Gasteiger partial charge >= 0.3 is 0 Å². The predicted molar refractivity (Wildman–Crippen MR) is 88.7 cm³/mol. The van der Waals surface area contributed by atoms with Crippen LogP contribution < -0.4 is 0 Å². The first-order valence-electron chi connectivity index (χ1n) is 8.39. The highest BCUT2D eigenvalue weighted by Crippen LogP contribution is 2.35. The average Bonchev–Trinajstić information content (AvgIpc) is 3.22. The maximum atomic E-state index is 12.9. The van der Waals surface area contributed by atoms with Gasteiger partial charge in [-0.05, 0) is 48.1 Å². The third kappa shape index (κ3) is 2.92. The molecule has 23 heavy (non-hydrogen) atoms. The molecule has 1 unspecified atom stereocenters. The van der Waals surface area contributed by atoms with Crippen molar-refractivity contribution in [2.24, 2.45) is 0 Å². The maximum Gasteiger partial charge on any atom is 0.210 e. The zero-order valence-corrected chi connectivity index (χ0v) is 13.8. The number of rotatable bonds is 3. The molecule has 0 aliphatic heterocycles. The molecule has 1 saturated carbocycles. The van der Waals surface area contributed by atoms with Crippen LogP contribution in [0.1, 0.15) is 60.5 Å². The van der Waals surface area contributed by atoms with Crippen molar-refractivity contribution in [3.8, 4) is 0 Å². The minimum atomic E-state index is -0.0789. The summed E-state index contributed by atoms with van der Waals surface area (Å²) in [5, 5.41) is 12.9. The van der Waals surface area contributed by atoms with Crippen LogP contribution in [-0.4, -0.2) is 31.2 Å². The van der Waals surface area contributed by atoms with Gasteiger partial charge in [-0.2, -0.15) is 0 Å². The molecule has 120 valence electrons. The number of carbonyl (C=O) groups excluding carboxylic acids is 1. The molecule has 0 bridgehead atoms. The largest absolute Gasteiger partial charge is 0.293 e. The summed E-state index contributed by atoms with van der Waals surface area (Å²) in [7, 11) is 0. The fourth-order valence-electron chi connectivity index (χ4n) is 3.64. The molecule has 1 fully saturated rings. The fraction of sp³-hybridized carbons (Fsp3) is 0.529. The molecule has 0 spiro atoms. The van der Waals surface area contributed by atoms with Gasteiger partial charge in [-0.1, -0.05) is 48.9 Å². The van der Waals surface area contributed by atoms with Crippen molar-refractivity contribution in [2.45, 2.75) is 61.4 Å². The van der Waals surface area contributed by atoms with Crippen LogP contribution in [0.2, 0.25) is 0 Å². The molecule has 4 rings (SSSR count).